The number of nitrogens with two attached hydrogens (primary N) is 1. The van der Waals surface area contributed by atoms with Gasteiger partial charge in [0.1, 0.15) is 0 Å². The van der Waals surface area contributed by atoms with E-state index in [-0.39, 0.29) is 5.54 Å². The summed E-state index contributed by atoms with van der Waals surface area (Å²) in [4.78, 5) is 2.44. The van der Waals surface area contributed by atoms with Crippen molar-refractivity contribution < 1.29 is 4.74 Å². The van der Waals surface area contributed by atoms with Gasteiger partial charge in [0.2, 0.25) is 0 Å². The Morgan fingerprint density at radius 2 is 2.00 bits per heavy atom. The summed E-state index contributed by atoms with van der Waals surface area (Å²) in [6.07, 6.45) is 1.21. The SMILES string of the molecule is CCC(C)CN(CC)C(C)(CN)COC. The first-order valence-corrected chi connectivity index (χ1v) is 5.98. The van der Waals surface area contributed by atoms with Gasteiger partial charge in [-0.05, 0) is 19.4 Å². The summed E-state index contributed by atoms with van der Waals surface area (Å²) in [6.45, 7) is 12.4. The van der Waals surface area contributed by atoms with E-state index < -0.39 is 0 Å². The maximum atomic E-state index is 5.87. The van der Waals surface area contributed by atoms with Crippen molar-refractivity contribution in [2.24, 2.45) is 11.7 Å². The van der Waals surface area contributed by atoms with Crippen LogP contribution in [0.5, 0.6) is 0 Å². The summed E-state index contributed by atoms with van der Waals surface area (Å²) in [5.74, 6) is 0.715. The van der Waals surface area contributed by atoms with Crippen LogP contribution in [-0.4, -0.2) is 43.8 Å². The second-order valence-corrected chi connectivity index (χ2v) is 4.69. The fraction of sp³-hybridized carbons (Fsp3) is 1.00. The third kappa shape index (κ3) is 4.49. The molecular formula is C12H28N2O. The predicted octanol–water partition coefficient (Wildman–Crippen LogP) is 1.72. The van der Waals surface area contributed by atoms with E-state index in [1.807, 2.05) is 0 Å². The molecule has 92 valence electrons. The summed E-state index contributed by atoms with van der Waals surface area (Å²) < 4.78 is 5.27. The van der Waals surface area contributed by atoms with Crippen LogP contribution < -0.4 is 5.73 Å². The number of rotatable bonds is 8. The van der Waals surface area contributed by atoms with Gasteiger partial charge in [0.25, 0.3) is 0 Å². The maximum absolute atomic E-state index is 5.87. The lowest BCUT2D eigenvalue weighted by atomic mass is 9.98. The standard InChI is InChI=1S/C12H28N2O/c1-6-11(3)8-14(7-2)12(4,9-13)10-15-5/h11H,6-10,13H2,1-5H3. The number of likely N-dealkylation sites (N-methyl/N-ethyl adjacent to an activating group) is 1. The number of hydrogen-bond acceptors (Lipinski definition) is 3. The molecule has 0 saturated heterocycles. The van der Waals surface area contributed by atoms with Crippen molar-refractivity contribution in [1.82, 2.24) is 4.90 Å². The molecule has 15 heavy (non-hydrogen) atoms. The largest absolute Gasteiger partial charge is 0.383 e. The zero-order valence-corrected chi connectivity index (χ0v) is 11.0. The fourth-order valence-electron chi connectivity index (χ4n) is 1.83. The van der Waals surface area contributed by atoms with Crippen LogP contribution >= 0.6 is 0 Å². The van der Waals surface area contributed by atoms with Crippen LogP contribution in [0.4, 0.5) is 0 Å². The molecule has 2 atom stereocenters. The second-order valence-electron chi connectivity index (χ2n) is 4.69. The molecule has 0 aliphatic heterocycles. The first-order chi connectivity index (χ1) is 7.03. The molecule has 0 rings (SSSR count). The molecule has 0 amide bonds. The Morgan fingerprint density at radius 1 is 1.40 bits per heavy atom. The first-order valence-electron chi connectivity index (χ1n) is 5.98. The molecule has 0 bridgehead atoms. The van der Waals surface area contributed by atoms with E-state index in [9.17, 15) is 0 Å². The Kier molecular flexibility index (Phi) is 7.14. The van der Waals surface area contributed by atoms with Crippen molar-refractivity contribution >= 4 is 0 Å². The highest BCUT2D eigenvalue weighted by molar-refractivity contribution is 4.87. The molecule has 0 aromatic rings. The number of ether oxygens (including phenoxy) is 1. The van der Waals surface area contributed by atoms with Gasteiger partial charge in [0.15, 0.2) is 0 Å². The van der Waals surface area contributed by atoms with Gasteiger partial charge < -0.3 is 10.5 Å². The molecule has 3 heteroatoms. The van der Waals surface area contributed by atoms with Gasteiger partial charge in [-0.2, -0.15) is 0 Å². The van der Waals surface area contributed by atoms with Crippen LogP contribution in [0.3, 0.4) is 0 Å². The average Bonchev–Trinajstić information content (AvgIpc) is 2.25. The van der Waals surface area contributed by atoms with Gasteiger partial charge in [0, 0.05) is 20.2 Å². The van der Waals surface area contributed by atoms with Crippen LogP contribution in [0.15, 0.2) is 0 Å². The van der Waals surface area contributed by atoms with Gasteiger partial charge >= 0.3 is 0 Å². The van der Waals surface area contributed by atoms with E-state index in [0.717, 1.165) is 13.1 Å². The van der Waals surface area contributed by atoms with Crippen molar-refractivity contribution in [3.05, 3.63) is 0 Å². The van der Waals surface area contributed by atoms with Crippen molar-refractivity contribution in [3.8, 4) is 0 Å². The topological polar surface area (TPSA) is 38.5 Å². The molecule has 0 radical (unpaired) electrons. The second kappa shape index (κ2) is 7.20. The summed E-state index contributed by atoms with van der Waals surface area (Å²) in [6, 6.07) is 0. The molecule has 0 aliphatic rings. The van der Waals surface area contributed by atoms with Crippen molar-refractivity contribution in [2.75, 3.05) is 33.4 Å². The maximum Gasteiger partial charge on any atom is 0.0656 e. The van der Waals surface area contributed by atoms with Gasteiger partial charge in [-0.15, -0.1) is 0 Å². The van der Waals surface area contributed by atoms with Crippen molar-refractivity contribution in [2.45, 2.75) is 39.7 Å². The molecular weight excluding hydrogens is 188 g/mol. The number of hydrogen-bond donors (Lipinski definition) is 1. The van der Waals surface area contributed by atoms with Gasteiger partial charge in [-0.25, -0.2) is 0 Å². The highest BCUT2D eigenvalue weighted by atomic mass is 16.5. The molecule has 0 saturated carbocycles. The minimum atomic E-state index is -0.0209. The number of nitrogens with zero attached hydrogens (tertiary/aromatic N) is 1. The van der Waals surface area contributed by atoms with Crippen LogP contribution in [-0.2, 0) is 4.74 Å². The lowest BCUT2D eigenvalue weighted by Crippen LogP contribution is -2.55. The summed E-state index contributed by atoms with van der Waals surface area (Å²) in [5.41, 5.74) is 5.84. The number of methoxy groups -OCH3 is 1. The van der Waals surface area contributed by atoms with E-state index in [0.29, 0.717) is 19.1 Å². The Labute approximate surface area is 95.0 Å². The monoisotopic (exact) mass is 216 g/mol. The smallest absolute Gasteiger partial charge is 0.0656 e. The highest BCUT2D eigenvalue weighted by Gasteiger charge is 2.29. The van der Waals surface area contributed by atoms with Gasteiger partial charge in [0.05, 0.1) is 12.1 Å². The summed E-state index contributed by atoms with van der Waals surface area (Å²) in [7, 11) is 1.74. The Bertz CT molecular complexity index is 164. The van der Waals surface area contributed by atoms with E-state index in [1.54, 1.807) is 7.11 Å². The van der Waals surface area contributed by atoms with Crippen molar-refractivity contribution in [1.29, 1.82) is 0 Å². The molecule has 0 aliphatic carbocycles. The zero-order chi connectivity index (χ0) is 11.9. The quantitative estimate of drug-likeness (QED) is 0.671. The van der Waals surface area contributed by atoms with Crippen LogP contribution in [0.1, 0.15) is 34.1 Å². The lowest BCUT2D eigenvalue weighted by molar-refractivity contribution is 0.0217. The fourth-order valence-corrected chi connectivity index (χ4v) is 1.83. The minimum absolute atomic E-state index is 0.0209. The Balaban J connectivity index is 4.45. The van der Waals surface area contributed by atoms with E-state index in [2.05, 4.69) is 32.6 Å². The first kappa shape index (κ1) is 14.9. The highest BCUT2D eigenvalue weighted by Crippen LogP contribution is 2.17. The zero-order valence-electron chi connectivity index (χ0n) is 11.0. The summed E-state index contributed by atoms with van der Waals surface area (Å²) >= 11 is 0. The third-order valence-corrected chi connectivity index (χ3v) is 3.27. The molecule has 0 fully saturated rings. The van der Waals surface area contributed by atoms with Crippen molar-refractivity contribution in [3.63, 3.8) is 0 Å². The van der Waals surface area contributed by atoms with Gasteiger partial charge in [-0.1, -0.05) is 27.2 Å². The van der Waals surface area contributed by atoms with E-state index >= 15 is 0 Å². The summed E-state index contributed by atoms with van der Waals surface area (Å²) in [5, 5.41) is 0. The molecule has 3 nitrogen and oxygen atoms in total. The predicted molar refractivity (Wildman–Crippen MR) is 66.0 cm³/mol. The third-order valence-electron chi connectivity index (χ3n) is 3.27. The van der Waals surface area contributed by atoms with Crippen LogP contribution in [0, 0.1) is 5.92 Å². The Morgan fingerprint density at radius 3 is 2.33 bits per heavy atom. The molecule has 0 heterocycles. The lowest BCUT2D eigenvalue weighted by Gasteiger charge is -2.40. The molecule has 2 unspecified atom stereocenters. The van der Waals surface area contributed by atoms with E-state index in [4.69, 9.17) is 10.5 Å². The van der Waals surface area contributed by atoms with E-state index in [1.165, 1.54) is 6.42 Å². The Hall–Kier alpha value is -0.120. The molecule has 2 N–H and O–H groups in total. The van der Waals surface area contributed by atoms with Crippen LogP contribution in [0.25, 0.3) is 0 Å². The molecule has 0 aromatic carbocycles. The van der Waals surface area contributed by atoms with Crippen LogP contribution in [0.2, 0.25) is 0 Å². The minimum Gasteiger partial charge on any atom is -0.383 e. The van der Waals surface area contributed by atoms with Gasteiger partial charge in [-0.3, -0.25) is 4.90 Å². The molecule has 0 aromatic heterocycles. The normalized spacial score (nSPS) is 17.8. The average molecular weight is 216 g/mol. The molecule has 0 spiro atoms.